The van der Waals surface area contributed by atoms with Gasteiger partial charge >= 0.3 is 12.2 Å². The lowest BCUT2D eigenvalue weighted by atomic mass is 10.00. The quantitative estimate of drug-likeness (QED) is 0.406. The fourth-order valence-corrected chi connectivity index (χ4v) is 5.49. The highest BCUT2D eigenvalue weighted by Gasteiger charge is 2.30. The van der Waals surface area contributed by atoms with Crippen molar-refractivity contribution in [1.29, 1.82) is 0 Å². The summed E-state index contributed by atoms with van der Waals surface area (Å²) in [5, 5.41) is 4.21. The Morgan fingerprint density at radius 3 is 2.22 bits per heavy atom. The second-order valence-corrected chi connectivity index (χ2v) is 13.0. The molecule has 0 unspecified atom stereocenters. The molecule has 2 aliphatic rings. The number of carbonyl (C=O) groups excluding carboxylic acids is 3. The summed E-state index contributed by atoms with van der Waals surface area (Å²) in [6.07, 6.45) is -0.799. The third kappa shape index (κ3) is 6.21. The van der Waals surface area contributed by atoms with E-state index < -0.39 is 17.3 Å². The number of aromatic nitrogens is 1. The number of amides is 2. The third-order valence-electron chi connectivity index (χ3n) is 7.06. The molecule has 3 heterocycles. The number of carbonyl (C=O) groups is 3. The van der Waals surface area contributed by atoms with Crippen LogP contribution in [0.3, 0.4) is 0 Å². The number of rotatable bonds is 3. The SMILES string of the molecule is CC(C)(C)OC(=O)N1CCN(Cc2ccc3c(c2)cc(-c2ccc(Cl)c4c2C(=O)NC4)n3C(=O)OC(C)(C)C)CC1. The largest absolute Gasteiger partial charge is 0.444 e. The van der Waals surface area contributed by atoms with Crippen LogP contribution in [0.15, 0.2) is 36.4 Å². The number of nitrogens with zero attached hydrogens (tertiary/aromatic N) is 3. The lowest BCUT2D eigenvalue weighted by Gasteiger charge is -2.35. The first-order chi connectivity index (χ1) is 19.2. The Labute approximate surface area is 245 Å². The number of halogens is 1. The highest BCUT2D eigenvalue weighted by molar-refractivity contribution is 6.32. The Morgan fingerprint density at radius 1 is 0.902 bits per heavy atom. The van der Waals surface area contributed by atoms with E-state index in [2.05, 4.69) is 16.3 Å². The molecule has 0 atom stereocenters. The molecule has 0 radical (unpaired) electrons. The monoisotopic (exact) mass is 580 g/mol. The van der Waals surface area contributed by atoms with Crippen molar-refractivity contribution in [3.8, 4) is 11.3 Å². The summed E-state index contributed by atoms with van der Waals surface area (Å²) in [6, 6.07) is 11.5. The van der Waals surface area contributed by atoms with E-state index in [1.165, 1.54) is 0 Å². The number of nitrogens with one attached hydrogen (secondary N) is 1. The van der Waals surface area contributed by atoms with Crippen LogP contribution in [-0.2, 0) is 22.6 Å². The highest BCUT2D eigenvalue weighted by atomic mass is 35.5. The van der Waals surface area contributed by atoms with Crippen molar-refractivity contribution in [2.45, 2.75) is 65.8 Å². The van der Waals surface area contributed by atoms with Gasteiger partial charge in [0.15, 0.2) is 0 Å². The number of fused-ring (bicyclic) bond motifs is 2. The lowest BCUT2D eigenvalue weighted by molar-refractivity contribution is 0.0138. The maximum atomic E-state index is 13.5. The molecule has 218 valence electrons. The van der Waals surface area contributed by atoms with Gasteiger partial charge in [-0.25, -0.2) is 14.2 Å². The van der Waals surface area contributed by atoms with E-state index in [1.807, 2.05) is 59.7 Å². The Hall–Kier alpha value is -3.56. The van der Waals surface area contributed by atoms with E-state index in [4.69, 9.17) is 21.1 Å². The topological polar surface area (TPSA) is 93.1 Å². The van der Waals surface area contributed by atoms with Gasteiger partial charge in [0, 0.05) is 60.8 Å². The highest BCUT2D eigenvalue weighted by Crippen LogP contribution is 2.37. The van der Waals surface area contributed by atoms with Gasteiger partial charge in [0.2, 0.25) is 0 Å². The van der Waals surface area contributed by atoms with Crippen molar-refractivity contribution in [1.82, 2.24) is 19.7 Å². The van der Waals surface area contributed by atoms with Crippen LogP contribution in [0.2, 0.25) is 5.02 Å². The predicted octanol–water partition coefficient (Wildman–Crippen LogP) is 6.04. The van der Waals surface area contributed by atoms with Crippen LogP contribution in [0.25, 0.3) is 22.2 Å². The maximum absolute atomic E-state index is 13.5. The zero-order valence-corrected chi connectivity index (χ0v) is 25.2. The van der Waals surface area contributed by atoms with Crippen LogP contribution in [0, 0.1) is 0 Å². The van der Waals surface area contributed by atoms with Gasteiger partial charge in [-0.05, 0) is 71.4 Å². The summed E-state index contributed by atoms with van der Waals surface area (Å²) >= 11 is 6.41. The molecule has 1 saturated heterocycles. The zero-order chi connectivity index (χ0) is 29.7. The maximum Gasteiger partial charge on any atom is 0.419 e. The molecule has 0 aliphatic carbocycles. The second-order valence-electron chi connectivity index (χ2n) is 12.6. The van der Waals surface area contributed by atoms with Gasteiger partial charge in [0.05, 0.1) is 16.8 Å². The first kappa shape index (κ1) is 29.0. The minimum atomic E-state index is -0.703. The van der Waals surface area contributed by atoms with Gasteiger partial charge < -0.3 is 19.7 Å². The molecule has 1 N–H and O–H groups in total. The van der Waals surface area contributed by atoms with Crippen molar-refractivity contribution in [3.05, 3.63) is 58.1 Å². The summed E-state index contributed by atoms with van der Waals surface area (Å²) in [6.45, 7) is 14.8. The first-order valence-corrected chi connectivity index (χ1v) is 14.3. The van der Waals surface area contributed by atoms with Gasteiger partial charge in [-0.3, -0.25) is 9.69 Å². The van der Waals surface area contributed by atoms with Gasteiger partial charge in [-0.2, -0.15) is 0 Å². The van der Waals surface area contributed by atoms with Gasteiger partial charge in [0.1, 0.15) is 11.2 Å². The molecular weight excluding hydrogens is 544 g/mol. The summed E-state index contributed by atoms with van der Waals surface area (Å²) in [4.78, 5) is 42.8. The van der Waals surface area contributed by atoms with Gasteiger partial charge in [-0.1, -0.05) is 23.7 Å². The Morgan fingerprint density at radius 2 is 1.56 bits per heavy atom. The number of piperazine rings is 1. The third-order valence-corrected chi connectivity index (χ3v) is 7.41. The van der Waals surface area contributed by atoms with Crippen LogP contribution in [0.5, 0.6) is 0 Å². The molecule has 10 heteroatoms. The summed E-state index contributed by atoms with van der Waals surface area (Å²) in [7, 11) is 0. The summed E-state index contributed by atoms with van der Waals surface area (Å²) in [5.74, 6) is -0.218. The van der Waals surface area contributed by atoms with Gasteiger partial charge in [0.25, 0.3) is 5.91 Å². The molecule has 5 rings (SSSR count). The van der Waals surface area contributed by atoms with E-state index in [9.17, 15) is 14.4 Å². The number of hydrogen-bond donors (Lipinski definition) is 1. The normalized spacial score (nSPS) is 16.1. The molecule has 2 aromatic carbocycles. The smallest absolute Gasteiger partial charge is 0.419 e. The minimum absolute atomic E-state index is 0.218. The zero-order valence-electron chi connectivity index (χ0n) is 24.5. The molecule has 1 aromatic heterocycles. The predicted molar refractivity (Wildman–Crippen MR) is 158 cm³/mol. The molecule has 0 spiro atoms. The van der Waals surface area contributed by atoms with Crippen molar-refractivity contribution >= 4 is 40.6 Å². The molecule has 2 amide bonds. The summed E-state index contributed by atoms with van der Waals surface area (Å²) < 4.78 is 12.8. The van der Waals surface area contributed by atoms with Crippen LogP contribution in [0.4, 0.5) is 9.59 Å². The van der Waals surface area contributed by atoms with Crippen molar-refractivity contribution < 1.29 is 23.9 Å². The fraction of sp³-hybridized carbons (Fsp3) is 0.452. The van der Waals surface area contributed by atoms with E-state index in [0.29, 0.717) is 53.5 Å². The number of ether oxygens (including phenoxy) is 2. The van der Waals surface area contributed by atoms with E-state index in [-0.39, 0.29) is 12.0 Å². The van der Waals surface area contributed by atoms with Crippen molar-refractivity contribution in [2.75, 3.05) is 26.2 Å². The molecule has 1 fully saturated rings. The van der Waals surface area contributed by atoms with E-state index >= 15 is 0 Å². The van der Waals surface area contributed by atoms with E-state index in [1.54, 1.807) is 21.6 Å². The average Bonchev–Trinajstić information content (AvgIpc) is 3.44. The Balaban J connectivity index is 1.45. The van der Waals surface area contributed by atoms with Crippen molar-refractivity contribution in [2.24, 2.45) is 0 Å². The molecule has 3 aromatic rings. The summed E-state index contributed by atoms with van der Waals surface area (Å²) in [5.41, 5.74) is 2.95. The molecular formula is C31H37ClN4O5. The first-order valence-electron chi connectivity index (χ1n) is 13.9. The molecule has 9 nitrogen and oxygen atoms in total. The molecule has 2 aliphatic heterocycles. The Bertz CT molecular complexity index is 1520. The van der Waals surface area contributed by atoms with Crippen LogP contribution in [0.1, 0.15) is 63.0 Å². The minimum Gasteiger partial charge on any atom is -0.444 e. The fourth-order valence-electron chi connectivity index (χ4n) is 5.26. The Kier molecular flexibility index (Phi) is 7.55. The van der Waals surface area contributed by atoms with Gasteiger partial charge in [-0.15, -0.1) is 0 Å². The lowest BCUT2D eigenvalue weighted by Crippen LogP contribution is -2.49. The van der Waals surface area contributed by atoms with Crippen LogP contribution >= 0.6 is 11.6 Å². The molecule has 0 saturated carbocycles. The average molecular weight is 581 g/mol. The van der Waals surface area contributed by atoms with Crippen LogP contribution in [-0.4, -0.2) is 69.8 Å². The molecule has 41 heavy (non-hydrogen) atoms. The second kappa shape index (κ2) is 10.7. The standard InChI is InChI=1S/C31H37ClN4O5/c1-30(2,3)40-28(38)35-13-11-34(12-14-35)18-19-7-10-24-20(15-19)16-25(36(24)29(39)41-31(4,5)6)21-8-9-23(32)22-17-33-27(37)26(21)22/h7-10,15-16H,11-14,17-18H2,1-6H3,(H,33,37). The molecule has 0 bridgehead atoms. The number of hydrogen-bond acceptors (Lipinski definition) is 6. The van der Waals surface area contributed by atoms with Crippen molar-refractivity contribution in [3.63, 3.8) is 0 Å². The number of benzene rings is 2. The van der Waals surface area contributed by atoms with Crippen LogP contribution < -0.4 is 5.32 Å². The van der Waals surface area contributed by atoms with E-state index in [0.717, 1.165) is 29.6 Å².